The molecule has 0 aliphatic carbocycles. The second-order valence-corrected chi connectivity index (χ2v) is 5.73. The molecule has 0 spiro atoms. The quantitative estimate of drug-likeness (QED) is 0.473. The van der Waals surface area contributed by atoms with Crippen LogP contribution in [0.25, 0.3) is 0 Å². The highest BCUT2D eigenvalue weighted by Gasteiger charge is 2.12. The van der Waals surface area contributed by atoms with Crippen molar-refractivity contribution in [3.63, 3.8) is 0 Å². The molecule has 0 atom stereocenters. The SMILES string of the molecule is Nc1c(Br)cc(Br)cc1C(=O)N/N=C/c1ccccc1. The molecule has 6 heteroatoms. The Hall–Kier alpha value is -1.66. The minimum absolute atomic E-state index is 0.358. The summed E-state index contributed by atoms with van der Waals surface area (Å²) in [4.78, 5) is 12.0. The Bertz CT molecular complexity index is 657. The van der Waals surface area contributed by atoms with Gasteiger partial charge in [0.2, 0.25) is 0 Å². The second-order valence-electron chi connectivity index (χ2n) is 3.96. The molecule has 0 radical (unpaired) electrons. The van der Waals surface area contributed by atoms with Gasteiger partial charge in [0.1, 0.15) is 0 Å². The molecule has 4 nitrogen and oxygen atoms in total. The largest absolute Gasteiger partial charge is 0.397 e. The van der Waals surface area contributed by atoms with Crippen LogP contribution in [0.4, 0.5) is 5.69 Å². The summed E-state index contributed by atoms with van der Waals surface area (Å²) in [5, 5.41) is 3.91. The maximum absolute atomic E-state index is 12.0. The molecule has 0 unspecified atom stereocenters. The number of nitrogens with two attached hydrogens (primary N) is 1. The van der Waals surface area contributed by atoms with Gasteiger partial charge in [-0.25, -0.2) is 5.43 Å². The zero-order valence-electron chi connectivity index (χ0n) is 10.3. The zero-order valence-corrected chi connectivity index (χ0v) is 13.5. The van der Waals surface area contributed by atoms with Crippen LogP contribution >= 0.6 is 31.9 Å². The van der Waals surface area contributed by atoms with Crippen LogP contribution in [0.5, 0.6) is 0 Å². The minimum atomic E-state index is -0.364. The number of rotatable bonds is 3. The number of nitrogen functional groups attached to an aromatic ring is 1. The van der Waals surface area contributed by atoms with E-state index in [9.17, 15) is 4.79 Å². The van der Waals surface area contributed by atoms with E-state index in [0.717, 1.165) is 10.0 Å². The Morgan fingerprint density at radius 3 is 2.60 bits per heavy atom. The second kappa shape index (κ2) is 6.67. The van der Waals surface area contributed by atoms with Gasteiger partial charge in [-0.05, 0) is 33.6 Å². The third kappa shape index (κ3) is 3.68. The van der Waals surface area contributed by atoms with Crippen molar-refractivity contribution in [1.82, 2.24) is 5.43 Å². The average Bonchev–Trinajstić information content (AvgIpc) is 2.44. The molecular formula is C14H11Br2N3O. The minimum Gasteiger partial charge on any atom is -0.397 e. The fourth-order valence-corrected chi connectivity index (χ4v) is 2.76. The van der Waals surface area contributed by atoms with Gasteiger partial charge in [-0.15, -0.1) is 0 Å². The van der Waals surface area contributed by atoms with Crippen molar-refractivity contribution in [3.8, 4) is 0 Å². The lowest BCUT2D eigenvalue weighted by atomic mass is 10.2. The highest BCUT2D eigenvalue weighted by atomic mass is 79.9. The normalized spacial score (nSPS) is 10.7. The van der Waals surface area contributed by atoms with Gasteiger partial charge >= 0.3 is 0 Å². The molecule has 0 heterocycles. The van der Waals surface area contributed by atoms with Gasteiger partial charge in [-0.2, -0.15) is 5.10 Å². The van der Waals surface area contributed by atoms with Gasteiger partial charge in [-0.1, -0.05) is 46.3 Å². The molecule has 0 saturated carbocycles. The van der Waals surface area contributed by atoms with Crippen molar-refractivity contribution < 1.29 is 4.79 Å². The van der Waals surface area contributed by atoms with Crippen LogP contribution in [0.15, 0.2) is 56.5 Å². The summed E-state index contributed by atoms with van der Waals surface area (Å²) in [6, 6.07) is 12.9. The van der Waals surface area contributed by atoms with Gasteiger partial charge in [0.05, 0.1) is 17.5 Å². The monoisotopic (exact) mass is 395 g/mol. The van der Waals surface area contributed by atoms with Crippen LogP contribution in [-0.4, -0.2) is 12.1 Å². The van der Waals surface area contributed by atoms with Crippen LogP contribution < -0.4 is 11.2 Å². The third-order valence-corrected chi connectivity index (χ3v) is 3.63. The fraction of sp³-hybridized carbons (Fsp3) is 0. The number of benzene rings is 2. The number of hydrogen-bond donors (Lipinski definition) is 2. The van der Waals surface area contributed by atoms with E-state index in [1.165, 1.54) is 0 Å². The lowest BCUT2D eigenvalue weighted by molar-refractivity contribution is 0.0956. The summed E-state index contributed by atoms with van der Waals surface area (Å²) in [7, 11) is 0. The van der Waals surface area contributed by atoms with Crippen LogP contribution in [0.1, 0.15) is 15.9 Å². The van der Waals surface area contributed by atoms with Gasteiger partial charge in [0.25, 0.3) is 5.91 Å². The maximum Gasteiger partial charge on any atom is 0.273 e. The van der Waals surface area contributed by atoms with Gasteiger partial charge in [0.15, 0.2) is 0 Å². The molecule has 1 amide bonds. The molecule has 20 heavy (non-hydrogen) atoms. The predicted molar refractivity (Wildman–Crippen MR) is 87.8 cm³/mol. The highest BCUT2D eigenvalue weighted by Crippen LogP contribution is 2.28. The van der Waals surface area contributed by atoms with Crippen LogP contribution in [-0.2, 0) is 0 Å². The Morgan fingerprint density at radius 1 is 1.20 bits per heavy atom. The summed E-state index contributed by atoms with van der Waals surface area (Å²) < 4.78 is 1.42. The van der Waals surface area contributed by atoms with Crippen molar-refractivity contribution in [2.75, 3.05) is 5.73 Å². The van der Waals surface area contributed by atoms with E-state index in [0.29, 0.717) is 15.7 Å². The Labute approximate surface area is 133 Å². The molecular weight excluding hydrogens is 386 g/mol. The van der Waals surface area contributed by atoms with Crippen molar-refractivity contribution >= 4 is 49.7 Å². The fourth-order valence-electron chi connectivity index (χ4n) is 1.54. The van der Waals surface area contributed by atoms with E-state index >= 15 is 0 Å². The summed E-state index contributed by atoms with van der Waals surface area (Å²) in [6.45, 7) is 0. The molecule has 2 rings (SSSR count). The van der Waals surface area contributed by atoms with E-state index in [2.05, 4.69) is 42.4 Å². The summed E-state index contributed by atoms with van der Waals surface area (Å²) >= 11 is 6.61. The first kappa shape index (κ1) is 14.7. The Morgan fingerprint density at radius 2 is 1.90 bits per heavy atom. The molecule has 0 aliphatic heterocycles. The van der Waals surface area contributed by atoms with Crippen molar-refractivity contribution in [2.45, 2.75) is 0 Å². The first-order valence-corrected chi connectivity index (χ1v) is 7.29. The van der Waals surface area contributed by atoms with E-state index in [1.54, 1.807) is 18.3 Å². The summed E-state index contributed by atoms with van der Waals surface area (Å²) in [5.74, 6) is -0.364. The molecule has 102 valence electrons. The molecule has 2 aromatic rings. The van der Waals surface area contributed by atoms with Gasteiger partial charge < -0.3 is 5.73 Å². The lowest BCUT2D eigenvalue weighted by Crippen LogP contribution is -2.19. The molecule has 0 aliphatic rings. The van der Waals surface area contributed by atoms with Crippen molar-refractivity contribution in [2.24, 2.45) is 5.10 Å². The van der Waals surface area contributed by atoms with E-state index in [1.807, 2.05) is 30.3 Å². The number of nitrogens with one attached hydrogen (secondary N) is 1. The van der Waals surface area contributed by atoms with E-state index < -0.39 is 0 Å². The first-order chi connectivity index (χ1) is 9.58. The number of amides is 1. The average molecular weight is 397 g/mol. The standard InChI is InChI=1S/C14H11Br2N3O/c15-10-6-11(13(17)12(16)7-10)14(20)19-18-8-9-4-2-1-3-5-9/h1-8H,17H2,(H,19,20)/b18-8+. The highest BCUT2D eigenvalue weighted by molar-refractivity contribution is 9.11. The number of halogens is 2. The predicted octanol–water partition coefficient (Wildman–Crippen LogP) is 3.56. The smallest absolute Gasteiger partial charge is 0.273 e. The number of hydrogen-bond acceptors (Lipinski definition) is 3. The first-order valence-electron chi connectivity index (χ1n) is 5.71. The summed E-state index contributed by atoms with van der Waals surface area (Å²) in [5.41, 5.74) is 9.94. The third-order valence-electron chi connectivity index (χ3n) is 2.52. The van der Waals surface area contributed by atoms with Gasteiger partial charge in [0, 0.05) is 8.95 Å². The number of carbonyl (C=O) groups is 1. The van der Waals surface area contributed by atoms with Crippen LogP contribution in [0, 0.1) is 0 Å². The Balaban J connectivity index is 2.11. The molecule has 0 aromatic heterocycles. The lowest BCUT2D eigenvalue weighted by Gasteiger charge is -2.06. The molecule has 0 saturated heterocycles. The van der Waals surface area contributed by atoms with E-state index in [-0.39, 0.29) is 5.91 Å². The number of anilines is 1. The molecule has 0 fully saturated rings. The number of hydrazone groups is 1. The molecule has 0 bridgehead atoms. The topological polar surface area (TPSA) is 67.5 Å². The molecule has 3 N–H and O–H groups in total. The number of nitrogens with zero attached hydrogens (tertiary/aromatic N) is 1. The van der Waals surface area contributed by atoms with Crippen molar-refractivity contribution in [1.29, 1.82) is 0 Å². The zero-order chi connectivity index (χ0) is 14.5. The Kier molecular flexibility index (Phi) is 4.92. The van der Waals surface area contributed by atoms with Crippen LogP contribution in [0.2, 0.25) is 0 Å². The van der Waals surface area contributed by atoms with Gasteiger partial charge in [-0.3, -0.25) is 4.79 Å². The maximum atomic E-state index is 12.0. The van der Waals surface area contributed by atoms with E-state index in [4.69, 9.17) is 5.73 Å². The molecule has 2 aromatic carbocycles. The van der Waals surface area contributed by atoms with Crippen LogP contribution in [0.3, 0.4) is 0 Å². The number of carbonyl (C=O) groups excluding carboxylic acids is 1. The van der Waals surface area contributed by atoms with Crippen molar-refractivity contribution in [3.05, 3.63) is 62.5 Å². The summed E-state index contributed by atoms with van der Waals surface area (Å²) in [6.07, 6.45) is 1.57.